The van der Waals surface area contributed by atoms with Gasteiger partial charge in [-0.3, -0.25) is 4.79 Å². The highest BCUT2D eigenvalue weighted by Gasteiger charge is 2.22. The van der Waals surface area contributed by atoms with E-state index in [-0.39, 0.29) is 23.4 Å². The Labute approximate surface area is 153 Å². The summed E-state index contributed by atoms with van der Waals surface area (Å²) in [7, 11) is -3.66. The van der Waals surface area contributed by atoms with E-state index in [2.05, 4.69) is 22.0 Å². The van der Waals surface area contributed by atoms with E-state index in [1.165, 1.54) is 29.8 Å². The molecule has 0 saturated carbocycles. The second-order valence-electron chi connectivity index (χ2n) is 6.17. The van der Waals surface area contributed by atoms with Crippen LogP contribution in [-0.2, 0) is 16.4 Å². The van der Waals surface area contributed by atoms with Crippen molar-refractivity contribution in [2.24, 2.45) is 0 Å². The Balaban J connectivity index is 1.73. The van der Waals surface area contributed by atoms with E-state index in [1.54, 1.807) is 0 Å². The fourth-order valence-corrected chi connectivity index (χ4v) is 4.09. The summed E-state index contributed by atoms with van der Waals surface area (Å²) in [5, 5.41) is 3.05. The number of hydrogen-bond donors (Lipinski definition) is 2. The zero-order valence-corrected chi connectivity index (χ0v) is 15.1. The highest BCUT2D eigenvalue weighted by atomic mass is 32.2. The van der Waals surface area contributed by atoms with Crippen molar-refractivity contribution in [2.45, 2.75) is 30.2 Å². The van der Waals surface area contributed by atoms with Crippen molar-refractivity contribution >= 4 is 15.9 Å². The number of aryl methyl sites for hydroxylation is 1. The molecule has 2 aromatic carbocycles. The second-order valence-corrected chi connectivity index (χ2v) is 7.94. The van der Waals surface area contributed by atoms with Gasteiger partial charge >= 0.3 is 0 Å². The number of hydrogen-bond acceptors (Lipinski definition) is 3. The van der Waals surface area contributed by atoms with Crippen LogP contribution < -0.4 is 10.0 Å². The maximum absolute atomic E-state index is 12.6. The van der Waals surface area contributed by atoms with Crippen LogP contribution in [0.5, 0.6) is 0 Å². The minimum Gasteiger partial charge on any atom is -0.345 e. The molecular weight excluding hydrogens is 348 g/mol. The molecule has 26 heavy (non-hydrogen) atoms. The number of benzene rings is 2. The van der Waals surface area contributed by atoms with Gasteiger partial charge in [-0.1, -0.05) is 30.2 Å². The molecule has 1 atom stereocenters. The molecule has 0 bridgehead atoms. The van der Waals surface area contributed by atoms with Crippen molar-refractivity contribution in [3.8, 4) is 12.3 Å². The Bertz CT molecular complexity index is 944. The number of fused-ring (bicyclic) bond motifs is 1. The number of amides is 1. The molecule has 2 N–H and O–H groups in total. The lowest BCUT2D eigenvalue weighted by atomic mass is 9.87. The first kappa shape index (κ1) is 18.2. The number of carbonyl (C=O) groups is 1. The quantitative estimate of drug-likeness (QED) is 0.796. The minimum absolute atomic E-state index is 0.0202. The smallest absolute Gasteiger partial charge is 0.251 e. The van der Waals surface area contributed by atoms with Gasteiger partial charge in [0, 0.05) is 5.56 Å². The summed E-state index contributed by atoms with van der Waals surface area (Å²) >= 11 is 0. The molecule has 5 nitrogen and oxygen atoms in total. The first-order valence-electron chi connectivity index (χ1n) is 8.43. The molecule has 0 heterocycles. The Morgan fingerprint density at radius 2 is 1.88 bits per heavy atom. The molecule has 0 saturated heterocycles. The zero-order valence-electron chi connectivity index (χ0n) is 14.2. The van der Waals surface area contributed by atoms with Gasteiger partial charge in [-0.25, -0.2) is 8.42 Å². The van der Waals surface area contributed by atoms with Crippen LogP contribution in [0.15, 0.2) is 53.4 Å². The van der Waals surface area contributed by atoms with E-state index in [9.17, 15) is 13.2 Å². The van der Waals surface area contributed by atoms with Crippen LogP contribution in [0.1, 0.15) is 40.4 Å². The summed E-state index contributed by atoms with van der Waals surface area (Å²) in [6.07, 6.45) is 8.02. The molecule has 3 rings (SSSR count). The van der Waals surface area contributed by atoms with Gasteiger partial charge < -0.3 is 5.32 Å². The number of sulfonamides is 1. The molecule has 2 aromatic rings. The van der Waals surface area contributed by atoms with E-state index in [0.717, 1.165) is 24.8 Å². The second kappa shape index (κ2) is 7.73. The molecule has 0 aromatic heterocycles. The summed E-state index contributed by atoms with van der Waals surface area (Å²) in [6, 6.07) is 13.9. The van der Waals surface area contributed by atoms with E-state index < -0.39 is 10.0 Å². The number of carbonyl (C=O) groups excluding carboxylic acids is 1. The largest absolute Gasteiger partial charge is 0.345 e. The molecule has 6 heteroatoms. The van der Waals surface area contributed by atoms with Crippen molar-refractivity contribution in [3.05, 3.63) is 65.2 Å². The third-order valence-electron chi connectivity index (χ3n) is 4.47. The third-order valence-corrected chi connectivity index (χ3v) is 5.88. The van der Waals surface area contributed by atoms with Crippen molar-refractivity contribution in [1.29, 1.82) is 0 Å². The normalized spacial score (nSPS) is 16.3. The van der Waals surface area contributed by atoms with E-state index >= 15 is 0 Å². The summed E-state index contributed by atoms with van der Waals surface area (Å²) in [5.74, 6) is 2.01. The Morgan fingerprint density at radius 3 is 2.62 bits per heavy atom. The van der Waals surface area contributed by atoms with Gasteiger partial charge in [-0.05, 0) is 54.7 Å². The van der Waals surface area contributed by atoms with Gasteiger partial charge in [-0.15, -0.1) is 6.42 Å². The first-order valence-corrected chi connectivity index (χ1v) is 9.91. The predicted molar refractivity (Wildman–Crippen MR) is 100 cm³/mol. The molecule has 1 aliphatic rings. The van der Waals surface area contributed by atoms with Crippen LogP contribution in [0.2, 0.25) is 0 Å². The average Bonchev–Trinajstić information content (AvgIpc) is 2.67. The van der Waals surface area contributed by atoms with Crippen LogP contribution in [-0.4, -0.2) is 20.9 Å². The summed E-state index contributed by atoms with van der Waals surface area (Å²) < 4.78 is 26.3. The highest BCUT2D eigenvalue weighted by Crippen LogP contribution is 2.29. The van der Waals surface area contributed by atoms with Gasteiger partial charge in [0.25, 0.3) is 5.91 Å². The molecule has 0 radical (unpaired) electrons. The number of terminal acetylenes is 1. The number of nitrogens with one attached hydrogen (secondary N) is 2. The fourth-order valence-electron chi connectivity index (χ4n) is 3.15. The lowest BCUT2D eigenvalue weighted by Crippen LogP contribution is -2.31. The van der Waals surface area contributed by atoms with Crippen LogP contribution in [0.25, 0.3) is 0 Å². The fraction of sp³-hybridized carbons (Fsp3) is 0.250. The van der Waals surface area contributed by atoms with Crippen LogP contribution in [0.3, 0.4) is 0 Å². The highest BCUT2D eigenvalue weighted by molar-refractivity contribution is 7.89. The van der Waals surface area contributed by atoms with Crippen molar-refractivity contribution in [3.63, 3.8) is 0 Å². The molecule has 134 valence electrons. The average molecular weight is 368 g/mol. The summed E-state index contributed by atoms with van der Waals surface area (Å²) in [6.45, 7) is -0.0777. The van der Waals surface area contributed by atoms with Crippen molar-refractivity contribution in [1.82, 2.24) is 10.0 Å². The van der Waals surface area contributed by atoms with E-state index in [4.69, 9.17) is 6.42 Å². The van der Waals surface area contributed by atoms with Crippen LogP contribution >= 0.6 is 0 Å². The van der Waals surface area contributed by atoms with Crippen LogP contribution in [0, 0.1) is 12.3 Å². The molecule has 0 fully saturated rings. The maximum Gasteiger partial charge on any atom is 0.251 e. The topological polar surface area (TPSA) is 75.3 Å². The Morgan fingerprint density at radius 1 is 1.15 bits per heavy atom. The van der Waals surface area contributed by atoms with Gasteiger partial charge in [-0.2, -0.15) is 4.72 Å². The third kappa shape index (κ3) is 3.96. The number of rotatable bonds is 5. The van der Waals surface area contributed by atoms with Crippen molar-refractivity contribution in [2.75, 3.05) is 6.54 Å². The molecule has 0 spiro atoms. The van der Waals surface area contributed by atoms with Gasteiger partial charge in [0.2, 0.25) is 10.0 Å². The molecule has 1 amide bonds. The molecule has 0 aliphatic heterocycles. The van der Waals surface area contributed by atoms with Gasteiger partial charge in [0.05, 0.1) is 17.5 Å². The standard InChI is InChI=1S/C20H20N2O3S/c1-2-14-21-26(24,25)17-12-10-16(11-13-17)20(23)22-19-9-5-7-15-6-3-4-8-18(15)19/h1,3-4,6,8,10-13,19,21H,5,7,9,14H2,(H,22,23). The molecular formula is C20H20N2O3S. The van der Waals surface area contributed by atoms with Crippen LogP contribution in [0.4, 0.5) is 0 Å². The molecule has 1 aliphatic carbocycles. The zero-order chi connectivity index (χ0) is 18.6. The van der Waals surface area contributed by atoms with E-state index in [1.807, 2.05) is 18.2 Å². The Hall–Kier alpha value is -2.62. The Kier molecular flexibility index (Phi) is 5.40. The van der Waals surface area contributed by atoms with Gasteiger partial charge in [0.15, 0.2) is 0 Å². The summed E-state index contributed by atoms with van der Waals surface area (Å²) in [4.78, 5) is 12.6. The summed E-state index contributed by atoms with van der Waals surface area (Å²) in [5.41, 5.74) is 2.85. The monoisotopic (exact) mass is 368 g/mol. The maximum atomic E-state index is 12.6. The lowest BCUT2D eigenvalue weighted by Gasteiger charge is -2.26. The first-order chi connectivity index (χ1) is 12.5. The predicted octanol–water partition coefficient (Wildman–Crippen LogP) is 2.41. The van der Waals surface area contributed by atoms with Gasteiger partial charge in [0.1, 0.15) is 0 Å². The minimum atomic E-state index is -3.66. The van der Waals surface area contributed by atoms with Crippen molar-refractivity contribution < 1.29 is 13.2 Å². The molecule has 1 unspecified atom stereocenters. The lowest BCUT2D eigenvalue weighted by molar-refractivity contribution is 0.0932. The van der Waals surface area contributed by atoms with E-state index in [0.29, 0.717) is 5.56 Å². The SMILES string of the molecule is C#CCNS(=O)(=O)c1ccc(C(=O)NC2CCCc3ccccc32)cc1.